The molecule has 0 aliphatic heterocycles. The summed E-state index contributed by atoms with van der Waals surface area (Å²) in [5.74, 6) is 0.891. The van der Waals surface area contributed by atoms with Gasteiger partial charge in [-0.1, -0.05) is 265 Å². The molecular weight excluding hydrogens is 591 g/mol. The normalized spacial score (nSPS) is 11.9. The summed E-state index contributed by atoms with van der Waals surface area (Å²) in [6, 6.07) is 0. The molecule has 0 aliphatic rings. The summed E-state index contributed by atoms with van der Waals surface area (Å²) >= 11 is 0. The Labute approximate surface area is 314 Å². The molecule has 0 unspecified atom stereocenters. The molecule has 0 atom stereocenters. The van der Waals surface area contributed by atoms with E-state index in [1.165, 1.54) is 276 Å². The first-order chi connectivity index (χ1) is 24.2. The van der Waals surface area contributed by atoms with Gasteiger partial charge in [0.15, 0.2) is 0 Å². The molecule has 0 rings (SSSR count). The van der Waals surface area contributed by atoms with Gasteiger partial charge in [-0.05, 0) is 44.8 Å². The van der Waals surface area contributed by atoms with Crippen LogP contribution in [0.25, 0.3) is 0 Å². The van der Waals surface area contributed by atoms with Crippen molar-refractivity contribution in [3.8, 4) is 0 Å². The zero-order valence-electron chi connectivity index (χ0n) is 35.4. The van der Waals surface area contributed by atoms with Gasteiger partial charge in [0.25, 0.3) is 0 Å². The third-order valence-corrected chi connectivity index (χ3v) is 11.4. The molecule has 296 valence electrons. The molecule has 0 heterocycles. The first-order valence-electron chi connectivity index (χ1n) is 23.9. The summed E-state index contributed by atoms with van der Waals surface area (Å²) < 4.78 is 0. The molecule has 0 saturated heterocycles. The van der Waals surface area contributed by atoms with Crippen LogP contribution in [0.1, 0.15) is 285 Å². The Morgan fingerprint density at radius 2 is 0.429 bits per heavy atom. The van der Waals surface area contributed by atoms with E-state index >= 15 is 0 Å². The average Bonchev–Trinajstić information content (AvgIpc) is 3.10. The fourth-order valence-corrected chi connectivity index (χ4v) is 7.87. The van der Waals surface area contributed by atoms with E-state index < -0.39 is 0 Å². The molecule has 1 heteroatoms. The van der Waals surface area contributed by atoms with Crippen LogP contribution >= 0.6 is 0 Å². The van der Waals surface area contributed by atoms with Gasteiger partial charge in [-0.2, -0.15) is 0 Å². The van der Waals surface area contributed by atoms with Crippen molar-refractivity contribution >= 4 is 0 Å². The van der Waals surface area contributed by atoms with Crippen LogP contribution in [-0.2, 0) is 0 Å². The molecule has 0 radical (unpaired) electrons. The van der Waals surface area contributed by atoms with Crippen molar-refractivity contribution in [2.24, 2.45) is 5.92 Å². The van der Waals surface area contributed by atoms with Crippen molar-refractivity contribution in [1.29, 1.82) is 0 Å². The predicted molar refractivity (Wildman–Crippen MR) is 227 cm³/mol. The molecule has 0 fully saturated rings. The van der Waals surface area contributed by atoms with Crippen molar-refractivity contribution in [3.05, 3.63) is 0 Å². The standard InChI is InChI=1S/C48H99N/c1-5-7-9-11-13-15-17-21-25-29-33-37-41-45-49(46-42-38-34-30-26-22-18-16-14-12-10-8-6-2)47-43-39-35-31-27-23-19-20-24-28-32-36-40-44-48(3)4/h48H,5-47H2,1-4H3. The third kappa shape index (κ3) is 44.0. The topological polar surface area (TPSA) is 3.24 Å². The number of rotatable bonds is 44. The smallest absolute Gasteiger partial charge is 0.00187 e. The fraction of sp³-hybridized carbons (Fsp3) is 1.00. The van der Waals surface area contributed by atoms with E-state index in [1.807, 2.05) is 0 Å². The Balaban J connectivity index is 3.92. The molecule has 0 aromatic carbocycles. The van der Waals surface area contributed by atoms with Crippen LogP contribution in [0.4, 0.5) is 0 Å². The second-order valence-electron chi connectivity index (χ2n) is 17.1. The van der Waals surface area contributed by atoms with Crippen molar-refractivity contribution < 1.29 is 0 Å². The summed E-state index contributed by atoms with van der Waals surface area (Å²) in [5.41, 5.74) is 0. The summed E-state index contributed by atoms with van der Waals surface area (Å²) in [4.78, 5) is 2.87. The van der Waals surface area contributed by atoms with E-state index in [0.717, 1.165) is 5.92 Å². The third-order valence-electron chi connectivity index (χ3n) is 11.4. The van der Waals surface area contributed by atoms with Crippen LogP contribution in [0.3, 0.4) is 0 Å². The minimum Gasteiger partial charge on any atom is -0.303 e. The molecule has 1 nitrogen and oxygen atoms in total. The highest BCUT2D eigenvalue weighted by Gasteiger charge is 2.06. The second kappa shape index (κ2) is 44.1. The first kappa shape index (κ1) is 49.0. The van der Waals surface area contributed by atoms with Crippen molar-refractivity contribution in [2.75, 3.05) is 19.6 Å². The van der Waals surface area contributed by atoms with E-state index in [2.05, 4.69) is 32.6 Å². The maximum absolute atomic E-state index is 2.87. The number of hydrogen-bond donors (Lipinski definition) is 0. The highest BCUT2D eigenvalue weighted by Crippen LogP contribution is 2.17. The Morgan fingerprint density at radius 3 is 0.633 bits per heavy atom. The SMILES string of the molecule is CCCCCCCCCCCCCCCN(CCCCCCCCCCCCCCC)CCCCCCCCCCCCCCCC(C)C. The monoisotopic (exact) mass is 690 g/mol. The molecule has 0 spiro atoms. The zero-order chi connectivity index (χ0) is 35.6. The highest BCUT2D eigenvalue weighted by atomic mass is 15.1. The lowest BCUT2D eigenvalue weighted by molar-refractivity contribution is 0.254. The van der Waals surface area contributed by atoms with Gasteiger partial charge in [0.1, 0.15) is 0 Å². The van der Waals surface area contributed by atoms with Crippen molar-refractivity contribution in [1.82, 2.24) is 4.90 Å². The van der Waals surface area contributed by atoms with Gasteiger partial charge in [-0.15, -0.1) is 0 Å². The Bertz CT molecular complexity index is 525. The lowest BCUT2D eigenvalue weighted by Gasteiger charge is -2.22. The maximum Gasteiger partial charge on any atom is -0.00187 e. The summed E-state index contributed by atoms with van der Waals surface area (Å²) in [5, 5.41) is 0. The van der Waals surface area contributed by atoms with E-state index in [0.29, 0.717) is 0 Å². The lowest BCUT2D eigenvalue weighted by atomic mass is 10.0. The molecular formula is C48H99N. The number of unbranched alkanes of at least 4 members (excludes halogenated alkanes) is 36. The average molecular weight is 690 g/mol. The molecule has 0 amide bonds. The van der Waals surface area contributed by atoms with Gasteiger partial charge in [0.2, 0.25) is 0 Å². The van der Waals surface area contributed by atoms with Crippen LogP contribution in [0.15, 0.2) is 0 Å². The lowest BCUT2D eigenvalue weighted by Crippen LogP contribution is -2.27. The fourth-order valence-electron chi connectivity index (χ4n) is 7.87. The van der Waals surface area contributed by atoms with E-state index in [4.69, 9.17) is 0 Å². The van der Waals surface area contributed by atoms with Crippen LogP contribution in [0.2, 0.25) is 0 Å². The Hall–Kier alpha value is -0.0400. The van der Waals surface area contributed by atoms with Gasteiger partial charge in [-0.25, -0.2) is 0 Å². The van der Waals surface area contributed by atoms with E-state index in [-0.39, 0.29) is 0 Å². The van der Waals surface area contributed by atoms with E-state index in [1.54, 1.807) is 0 Å². The van der Waals surface area contributed by atoms with Crippen molar-refractivity contribution in [2.45, 2.75) is 285 Å². The Morgan fingerprint density at radius 1 is 0.245 bits per heavy atom. The summed E-state index contributed by atoms with van der Waals surface area (Å²) in [7, 11) is 0. The summed E-state index contributed by atoms with van der Waals surface area (Å²) in [6.45, 7) is 13.5. The van der Waals surface area contributed by atoms with Gasteiger partial charge in [-0.3, -0.25) is 0 Å². The molecule has 0 saturated carbocycles. The largest absolute Gasteiger partial charge is 0.303 e. The molecule has 0 N–H and O–H groups in total. The molecule has 0 aromatic heterocycles. The summed E-state index contributed by atoms with van der Waals surface area (Å²) in [6.07, 6.45) is 58.6. The quantitative estimate of drug-likeness (QED) is 0.0576. The minimum atomic E-state index is 0.891. The van der Waals surface area contributed by atoms with E-state index in [9.17, 15) is 0 Å². The minimum absolute atomic E-state index is 0.891. The van der Waals surface area contributed by atoms with Crippen LogP contribution < -0.4 is 0 Å². The molecule has 0 aliphatic carbocycles. The number of nitrogens with zero attached hydrogens (tertiary/aromatic N) is 1. The molecule has 0 aromatic rings. The van der Waals surface area contributed by atoms with Gasteiger partial charge >= 0.3 is 0 Å². The van der Waals surface area contributed by atoms with Crippen LogP contribution in [0.5, 0.6) is 0 Å². The molecule has 49 heavy (non-hydrogen) atoms. The van der Waals surface area contributed by atoms with Crippen LogP contribution in [0, 0.1) is 5.92 Å². The Kier molecular flexibility index (Phi) is 44.1. The van der Waals surface area contributed by atoms with Crippen LogP contribution in [-0.4, -0.2) is 24.5 Å². The van der Waals surface area contributed by atoms with Gasteiger partial charge in [0, 0.05) is 0 Å². The second-order valence-corrected chi connectivity index (χ2v) is 17.1. The zero-order valence-corrected chi connectivity index (χ0v) is 35.4. The molecule has 0 bridgehead atoms. The van der Waals surface area contributed by atoms with Gasteiger partial charge < -0.3 is 4.90 Å². The van der Waals surface area contributed by atoms with Crippen molar-refractivity contribution in [3.63, 3.8) is 0 Å². The number of hydrogen-bond acceptors (Lipinski definition) is 1. The first-order valence-corrected chi connectivity index (χ1v) is 23.9. The maximum atomic E-state index is 2.87. The highest BCUT2D eigenvalue weighted by molar-refractivity contribution is 4.61. The van der Waals surface area contributed by atoms with Gasteiger partial charge in [0.05, 0.1) is 0 Å². The predicted octanol–water partition coefficient (Wildman–Crippen LogP) is 17.6.